The number of nitrogens with zero attached hydrogens (tertiary/aromatic N) is 1. The molecule has 3 aromatic carbocycles. The van der Waals surface area contributed by atoms with Crippen LogP contribution in [-0.4, -0.2) is 17.8 Å². The molecular formula is C36H31NO4. The van der Waals surface area contributed by atoms with Gasteiger partial charge in [0.05, 0.1) is 17.5 Å². The number of fused-ring (bicyclic) bond motifs is 12. The second-order valence-corrected chi connectivity index (χ2v) is 12.5. The van der Waals surface area contributed by atoms with Gasteiger partial charge in [-0.2, -0.15) is 0 Å². The van der Waals surface area contributed by atoms with Crippen LogP contribution in [0.4, 0.5) is 5.69 Å². The Hall–Kier alpha value is -4.25. The van der Waals surface area contributed by atoms with Crippen LogP contribution in [0.25, 0.3) is 17.2 Å². The number of carbonyl (C=O) groups excluding carboxylic acids is 3. The molecule has 4 fully saturated rings. The Morgan fingerprint density at radius 3 is 1.90 bits per heavy atom. The van der Waals surface area contributed by atoms with Crippen LogP contribution in [0.15, 0.2) is 91.0 Å². The highest BCUT2D eigenvalue weighted by atomic mass is 16.5. The van der Waals surface area contributed by atoms with Crippen LogP contribution >= 0.6 is 0 Å². The van der Waals surface area contributed by atoms with Gasteiger partial charge in [-0.15, -0.1) is 0 Å². The van der Waals surface area contributed by atoms with Crippen LogP contribution in [0.3, 0.4) is 0 Å². The number of rotatable bonds is 5. The lowest BCUT2D eigenvalue weighted by atomic mass is 9.65. The summed E-state index contributed by atoms with van der Waals surface area (Å²) in [4.78, 5) is 41.0. The first-order valence-corrected chi connectivity index (χ1v) is 14.7. The van der Waals surface area contributed by atoms with Crippen molar-refractivity contribution in [2.45, 2.75) is 19.8 Å². The third-order valence-corrected chi connectivity index (χ3v) is 10.5. The van der Waals surface area contributed by atoms with Gasteiger partial charge >= 0.3 is 5.97 Å². The Bertz CT molecular complexity index is 1580. The van der Waals surface area contributed by atoms with Crippen LogP contribution < -0.4 is 9.64 Å². The number of ether oxygens (including phenoxy) is 1. The largest absolute Gasteiger partial charge is 0.423 e. The van der Waals surface area contributed by atoms with Gasteiger partial charge in [0, 0.05) is 6.08 Å². The van der Waals surface area contributed by atoms with Gasteiger partial charge in [-0.25, -0.2) is 4.79 Å². The molecule has 0 aromatic heterocycles. The molecule has 1 heterocycles. The Morgan fingerprint density at radius 1 is 0.756 bits per heavy atom. The second kappa shape index (κ2) is 9.13. The van der Waals surface area contributed by atoms with E-state index in [1.807, 2.05) is 24.3 Å². The average molecular weight is 542 g/mol. The van der Waals surface area contributed by atoms with Crippen LogP contribution in [0.1, 0.15) is 24.0 Å². The minimum Gasteiger partial charge on any atom is -0.423 e. The molecule has 2 amide bonds. The minimum absolute atomic E-state index is 0.0428. The third-order valence-electron chi connectivity index (χ3n) is 10.5. The molecule has 1 saturated heterocycles. The summed E-state index contributed by atoms with van der Waals surface area (Å²) in [5.74, 6) is 2.47. The first-order chi connectivity index (χ1) is 20.0. The maximum absolute atomic E-state index is 13.6. The van der Waals surface area contributed by atoms with Crippen molar-refractivity contribution in [1.82, 2.24) is 0 Å². The van der Waals surface area contributed by atoms with E-state index in [2.05, 4.69) is 43.3 Å². The van der Waals surface area contributed by atoms with Crippen LogP contribution in [0, 0.1) is 54.3 Å². The third kappa shape index (κ3) is 3.78. The fraction of sp³-hybridized carbons (Fsp3) is 0.306. The molecule has 4 aliphatic carbocycles. The van der Waals surface area contributed by atoms with E-state index >= 15 is 0 Å². The van der Waals surface area contributed by atoms with Crippen molar-refractivity contribution in [3.05, 3.63) is 102 Å². The maximum atomic E-state index is 13.6. The summed E-state index contributed by atoms with van der Waals surface area (Å²) in [5, 5.41) is 0. The molecule has 1 aliphatic heterocycles. The summed E-state index contributed by atoms with van der Waals surface area (Å²) in [6, 6.07) is 23.1. The number of hydrogen-bond donors (Lipinski definition) is 0. The number of anilines is 1. The summed E-state index contributed by atoms with van der Waals surface area (Å²) in [7, 11) is 0. The van der Waals surface area contributed by atoms with E-state index in [9.17, 15) is 14.4 Å². The number of aryl methyl sites for hydroxylation is 1. The van der Waals surface area contributed by atoms with Crippen molar-refractivity contribution in [1.29, 1.82) is 0 Å². The topological polar surface area (TPSA) is 63.7 Å². The zero-order chi connectivity index (χ0) is 27.8. The standard InChI is InChI=1S/C36H31NO4/c1-20-2-7-22(8-3-20)23-9-4-21(5-10-23)6-17-30(38)41-27-15-13-26(14-16-27)37-35(39)33-28-19-29(34(33)36(37)40)32-25-12-11-24(18-25)31(28)32/h2-17,24-25,28-29,31-34H,18-19H2,1H3/b17-6+. The highest BCUT2D eigenvalue weighted by molar-refractivity contribution is 6.22. The monoisotopic (exact) mass is 541 g/mol. The lowest BCUT2D eigenvalue weighted by Gasteiger charge is -2.36. The molecule has 8 rings (SSSR count). The van der Waals surface area contributed by atoms with Crippen molar-refractivity contribution < 1.29 is 19.1 Å². The van der Waals surface area contributed by atoms with Crippen molar-refractivity contribution in [2.24, 2.45) is 47.3 Å². The maximum Gasteiger partial charge on any atom is 0.336 e. The second-order valence-electron chi connectivity index (χ2n) is 12.5. The average Bonchev–Trinajstić information content (AvgIpc) is 3.80. The van der Waals surface area contributed by atoms with Crippen LogP contribution in [0.2, 0.25) is 0 Å². The van der Waals surface area contributed by atoms with Gasteiger partial charge in [-0.05, 0) is 102 Å². The predicted molar refractivity (Wildman–Crippen MR) is 157 cm³/mol. The van der Waals surface area contributed by atoms with Gasteiger partial charge in [-0.1, -0.05) is 66.2 Å². The highest BCUT2D eigenvalue weighted by Crippen LogP contribution is 2.70. The molecule has 0 N–H and O–H groups in total. The predicted octanol–water partition coefficient (Wildman–Crippen LogP) is 6.47. The number of imide groups is 1. The fourth-order valence-electron chi connectivity index (χ4n) is 8.88. The summed E-state index contributed by atoms with van der Waals surface area (Å²) in [6.07, 6.45) is 10.1. The summed E-state index contributed by atoms with van der Waals surface area (Å²) in [6.45, 7) is 2.07. The van der Waals surface area contributed by atoms with E-state index in [1.54, 1.807) is 30.3 Å². The summed E-state index contributed by atoms with van der Waals surface area (Å²) < 4.78 is 5.49. The van der Waals surface area contributed by atoms with E-state index < -0.39 is 5.97 Å². The normalized spacial score (nSPS) is 32.3. The molecule has 3 saturated carbocycles. The quantitative estimate of drug-likeness (QED) is 0.0927. The Kier molecular flexibility index (Phi) is 5.47. The van der Waals surface area contributed by atoms with Crippen LogP contribution in [-0.2, 0) is 14.4 Å². The molecule has 5 heteroatoms. The number of allylic oxidation sites excluding steroid dienone is 2. The van der Waals surface area contributed by atoms with Gasteiger partial charge in [0.1, 0.15) is 5.75 Å². The Labute approximate surface area is 239 Å². The zero-order valence-corrected chi connectivity index (χ0v) is 22.9. The molecule has 8 atom stereocenters. The van der Waals surface area contributed by atoms with Gasteiger partial charge in [0.25, 0.3) is 0 Å². The van der Waals surface area contributed by atoms with Gasteiger partial charge in [0.2, 0.25) is 11.8 Å². The van der Waals surface area contributed by atoms with E-state index in [0.717, 1.165) is 23.1 Å². The molecule has 5 nitrogen and oxygen atoms in total. The van der Waals surface area contributed by atoms with Gasteiger partial charge in [0.15, 0.2) is 0 Å². The van der Waals surface area contributed by atoms with E-state index in [4.69, 9.17) is 4.74 Å². The molecule has 204 valence electrons. The molecular weight excluding hydrogens is 510 g/mol. The van der Waals surface area contributed by atoms with Gasteiger partial charge in [-0.3, -0.25) is 14.5 Å². The van der Waals surface area contributed by atoms with Crippen molar-refractivity contribution >= 4 is 29.5 Å². The van der Waals surface area contributed by atoms with E-state index in [-0.39, 0.29) is 23.7 Å². The summed E-state index contributed by atoms with van der Waals surface area (Å²) >= 11 is 0. The van der Waals surface area contributed by atoms with Crippen LogP contribution in [0.5, 0.6) is 5.75 Å². The number of benzene rings is 3. The molecule has 3 aromatic rings. The first kappa shape index (κ1) is 24.5. The smallest absolute Gasteiger partial charge is 0.336 e. The van der Waals surface area contributed by atoms with Gasteiger partial charge < -0.3 is 4.74 Å². The molecule has 8 unspecified atom stereocenters. The molecule has 0 spiro atoms. The number of esters is 1. The number of amides is 2. The van der Waals surface area contributed by atoms with Crippen molar-refractivity contribution in [2.75, 3.05) is 4.90 Å². The molecule has 41 heavy (non-hydrogen) atoms. The van der Waals surface area contributed by atoms with E-state index in [0.29, 0.717) is 46.9 Å². The number of hydrogen-bond acceptors (Lipinski definition) is 4. The van der Waals surface area contributed by atoms with Crippen molar-refractivity contribution in [3.8, 4) is 16.9 Å². The minimum atomic E-state index is -0.491. The lowest BCUT2D eigenvalue weighted by Crippen LogP contribution is -2.38. The molecule has 4 bridgehead atoms. The first-order valence-electron chi connectivity index (χ1n) is 14.7. The Balaban J connectivity index is 0.921. The number of carbonyl (C=O) groups is 3. The zero-order valence-electron chi connectivity index (χ0n) is 22.9. The highest BCUT2D eigenvalue weighted by Gasteiger charge is 2.71. The van der Waals surface area contributed by atoms with E-state index in [1.165, 1.54) is 23.0 Å². The lowest BCUT2D eigenvalue weighted by molar-refractivity contribution is -0.129. The SMILES string of the molecule is Cc1ccc(-c2ccc(/C=C/C(=O)Oc3ccc(N4C(=O)C5C6CC(C5C4=O)C4C5C=CC(C5)C64)cc3)cc2)cc1. The Morgan fingerprint density at radius 2 is 1.32 bits per heavy atom. The fourth-order valence-corrected chi connectivity index (χ4v) is 8.88. The van der Waals surface area contributed by atoms with Crippen molar-refractivity contribution in [3.63, 3.8) is 0 Å². The molecule has 5 aliphatic rings. The summed E-state index contributed by atoms with van der Waals surface area (Å²) in [5.41, 5.74) is 4.94. The molecule has 0 radical (unpaired) electrons.